The molecule has 7 rings (SSSR count). The van der Waals surface area contributed by atoms with Crippen molar-refractivity contribution in [3.63, 3.8) is 0 Å². The van der Waals surface area contributed by atoms with Crippen LogP contribution in [0, 0.1) is 0 Å². The second-order valence-corrected chi connectivity index (χ2v) is 14.5. The average molecular weight is 743 g/mol. The molecule has 0 spiro atoms. The molecule has 0 aliphatic carbocycles. The topological polar surface area (TPSA) is 130 Å². The number of halogens is 4. The lowest BCUT2D eigenvalue weighted by atomic mass is 10.00. The van der Waals surface area contributed by atoms with Crippen LogP contribution in [-0.4, -0.2) is 123 Å². The predicted molar refractivity (Wildman–Crippen MR) is 191 cm³/mol. The van der Waals surface area contributed by atoms with Crippen LogP contribution in [0.25, 0.3) is 21.9 Å². The lowest BCUT2D eigenvalue weighted by molar-refractivity contribution is -0.138. The van der Waals surface area contributed by atoms with Gasteiger partial charge in [0.25, 0.3) is 0 Å². The molecule has 12 nitrogen and oxygen atoms in total. The van der Waals surface area contributed by atoms with Crippen LogP contribution in [0.3, 0.4) is 0 Å². The number of alkyl halides is 3. The molecule has 2 aromatic carbocycles. The Morgan fingerprint density at radius 3 is 2.35 bits per heavy atom. The maximum absolute atomic E-state index is 14.1. The smallest absolute Gasteiger partial charge is 0.420 e. The number of H-pyrrole nitrogens is 1. The van der Waals surface area contributed by atoms with Gasteiger partial charge in [-0.2, -0.15) is 13.2 Å². The summed E-state index contributed by atoms with van der Waals surface area (Å²) in [6.07, 6.45) is -0.433. The number of carbonyl (C=O) groups excluding carboxylic acids is 2. The van der Waals surface area contributed by atoms with Gasteiger partial charge in [-0.05, 0) is 69.6 Å². The van der Waals surface area contributed by atoms with Crippen LogP contribution in [-0.2, 0) is 17.4 Å². The van der Waals surface area contributed by atoms with Crippen molar-refractivity contribution in [1.29, 1.82) is 0 Å². The number of piperidine rings is 2. The number of phenols is 1. The van der Waals surface area contributed by atoms with Crippen molar-refractivity contribution in [2.24, 2.45) is 0 Å². The monoisotopic (exact) mass is 742 g/mol. The van der Waals surface area contributed by atoms with Crippen LogP contribution >= 0.6 is 11.6 Å². The van der Waals surface area contributed by atoms with Crippen molar-refractivity contribution < 1.29 is 27.9 Å². The first-order chi connectivity index (χ1) is 24.9. The molecule has 52 heavy (non-hydrogen) atoms. The minimum absolute atomic E-state index is 0.0530. The largest absolute Gasteiger partial charge is 0.506 e. The van der Waals surface area contributed by atoms with Gasteiger partial charge in [0.2, 0.25) is 5.91 Å². The minimum Gasteiger partial charge on any atom is -0.506 e. The number of likely N-dealkylation sites (tertiary alicyclic amines) is 2. The zero-order valence-electron chi connectivity index (χ0n) is 28.8. The number of rotatable bonds is 6. The number of piperazine rings is 1. The highest BCUT2D eigenvalue weighted by atomic mass is 35.5. The minimum atomic E-state index is -4.88. The molecule has 0 radical (unpaired) electrons. The fraction of sp³-hybridized carbons (Fsp3) is 0.500. The van der Waals surface area contributed by atoms with Crippen LogP contribution in [0.1, 0.15) is 42.9 Å². The first kappa shape index (κ1) is 36.0. The number of benzene rings is 2. The Kier molecular flexibility index (Phi) is 10.1. The molecule has 0 saturated carbocycles. The molecule has 4 aromatic rings. The van der Waals surface area contributed by atoms with Crippen molar-refractivity contribution in [2.75, 3.05) is 59.4 Å². The molecule has 1 atom stereocenters. The molecule has 3 aliphatic heterocycles. The Morgan fingerprint density at radius 1 is 0.981 bits per heavy atom. The second kappa shape index (κ2) is 14.6. The van der Waals surface area contributed by atoms with Gasteiger partial charge in [0.05, 0.1) is 33.3 Å². The SMILES string of the molecule is CN1CCC(N2CCN(C(=O)[C@@H](Cc3cc(Cl)c(O)c(C(F)(F)F)c3)NC(=O)N3CCC(n4c(=O)[nH]c5c6ccccc6ncc54)CC3)CC2)CC1. The van der Waals surface area contributed by atoms with Gasteiger partial charge >= 0.3 is 17.9 Å². The molecule has 2 aromatic heterocycles. The standard InChI is InChI=1S/C36H42ClF3N8O4/c1-44-10-6-23(7-11-44)45-14-16-46(17-15-45)33(50)29(20-22-18-26(36(38,39)40)32(49)27(37)19-22)42-34(51)47-12-8-24(9-13-47)48-30-21-41-28-5-3-2-4-25(28)31(30)43-35(48)52/h2-5,18-19,21,23-24,29,49H,6-17,20H2,1H3,(H,42,51)(H,43,52)/t29-/m1/s1. The number of urea groups is 1. The molecule has 3 amide bonds. The quantitative estimate of drug-likeness (QED) is 0.266. The number of phenolic OH excluding ortho intramolecular Hbond substituents is 1. The van der Waals surface area contributed by atoms with Gasteiger partial charge in [-0.15, -0.1) is 0 Å². The Hall–Kier alpha value is -4.34. The number of amides is 3. The molecule has 3 aliphatic rings. The lowest BCUT2D eigenvalue weighted by Crippen LogP contribution is -2.59. The number of hydrogen-bond acceptors (Lipinski definition) is 7. The number of nitrogens with zero attached hydrogens (tertiary/aromatic N) is 6. The first-order valence-electron chi connectivity index (χ1n) is 17.7. The van der Waals surface area contributed by atoms with Gasteiger partial charge in [0.15, 0.2) is 0 Å². The molecule has 3 N–H and O–H groups in total. The van der Waals surface area contributed by atoms with E-state index in [0.29, 0.717) is 56.1 Å². The van der Waals surface area contributed by atoms with E-state index in [1.54, 1.807) is 20.6 Å². The number of para-hydroxylation sites is 1. The molecular weight excluding hydrogens is 701 g/mol. The van der Waals surface area contributed by atoms with Gasteiger partial charge in [-0.25, -0.2) is 9.59 Å². The summed E-state index contributed by atoms with van der Waals surface area (Å²) in [4.78, 5) is 56.3. The summed E-state index contributed by atoms with van der Waals surface area (Å²) in [6.45, 7) is 4.78. The zero-order chi connectivity index (χ0) is 36.7. The normalized spacial score (nSPS) is 19.4. The fourth-order valence-electron chi connectivity index (χ4n) is 7.96. The highest BCUT2D eigenvalue weighted by Gasteiger charge is 2.37. The maximum atomic E-state index is 14.1. The molecule has 16 heteroatoms. The van der Waals surface area contributed by atoms with Gasteiger partial charge < -0.3 is 30.1 Å². The van der Waals surface area contributed by atoms with E-state index < -0.39 is 40.5 Å². The Balaban J connectivity index is 1.06. The van der Waals surface area contributed by atoms with Crippen molar-refractivity contribution in [2.45, 2.75) is 56.4 Å². The van der Waals surface area contributed by atoms with Crippen molar-refractivity contribution in [1.82, 2.24) is 39.5 Å². The summed E-state index contributed by atoms with van der Waals surface area (Å²) in [5.41, 5.74) is 0.631. The maximum Gasteiger partial charge on any atom is 0.420 e. The summed E-state index contributed by atoms with van der Waals surface area (Å²) in [5, 5.41) is 13.2. The van der Waals surface area contributed by atoms with E-state index in [-0.39, 0.29) is 36.8 Å². The number of nitrogens with one attached hydrogen (secondary N) is 2. The summed E-state index contributed by atoms with van der Waals surface area (Å²) in [5.74, 6) is -1.48. The van der Waals surface area contributed by atoms with Crippen molar-refractivity contribution in [3.05, 3.63) is 69.2 Å². The van der Waals surface area contributed by atoms with Gasteiger partial charge in [0, 0.05) is 63.2 Å². The molecular formula is C36H42ClF3N8O4. The third-order valence-corrected chi connectivity index (χ3v) is 11.2. The summed E-state index contributed by atoms with van der Waals surface area (Å²) < 4.78 is 43.0. The van der Waals surface area contributed by atoms with Crippen molar-refractivity contribution in [3.8, 4) is 5.75 Å². The van der Waals surface area contributed by atoms with Crippen LogP contribution in [0.2, 0.25) is 5.02 Å². The molecule has 3 fully saturated rings. The van der Waals surface area contributed by atoms with E-state index in [1.165, 1.54) is 6.07 Å². The van der Waals surface area contributed by atoms with Gasteiger partial charge in [-0.1, -0.05) is 29.8 Å². The van der Waals surface area contributed by atoms with Crippen LogP contribution in [0.5, 0.6) is 5.75 Å². The second-order valence-electron chi connectivity index (χ2n) is 14.1. The highest BCUT2D eigenvalue weighted by Crippen LogP contribution is 2.40. The van der Waals surface area contributed by atoms with E-state index in [1.807, 2.05) is 24.3 Å². The van der Waals surface area contributed by atoms with E-state index >= 15 is 0 Å². The number of imidazole rings is 1. The Labute approximate surface area is 303 Å². The predicted octanol–water partition coefficient (Wildman–Crippen LogP) is 4.45. The number of pyridine rings is 1. The molecule has 278 valence electrons. The van der Waals surface area contributed by atoms with E-state index in [0.717, 1.165) is 42.9 Å². The van der Waals surface area contributed by atoms with E-state index in [9.17, 15) is 32.7 Å². The number of aromatic nitrogens is 3. The Bertz CT molecular complexity index is 2010. The molecule has 5 heterocycles. The summed E-state index contributed by atoms with van der Waals surface area (Å²) in [6, 6.07) is 8.03. The summed E-state index contributed by atoms with van der Waals surface area (Å²) in [7, 11) is 2.10. The van der Waals surface area contributed by atoms with Gasteiger partial charge in [-0.3, -0.25) is 19.2 Å². The van der Waals surface area contributed by atoms with E-state index in [4.69, 9.17) is 11.6 Å². The number of aromatic amines is 1. The molecule has 3 saturated heterocycles. The van der Waals surface area contributed by atoms with Crippen LogP contribution in [0.4, 0.5) is 18.0 Å². The fourth-order valence-corrected chi connectivity index (χ4v) is 8.21. The van der Waals surface area contributed by atoms with E-state index in [2.05, 4.69) is 32.1 Å². The van der Waals surface area contributed by atoms with Crippen molar-refractivity contribution >= 4 is 45.5 Å². The van der Waals surface area contributed by atoms with Gasteiger partial charge in [0.1, 0.15) is 11.8 Å². The number of carbonyl (C=O) groups is 2. The van der Waals surface area contributed by atoms with Crippen LogP contribution in [0.15, 0.2) is 47.4 Å². The average Bonchev–Trinajstić information content (AvgIpc) is 3.48. The number of aromatic hydroxyl groups is 1. The third-order valence-electron chi connectivity index (χ3n) is 10.9. The highest BCUT2D eigenvalue weighted by molar-refractivity contribution is 6.32. The summed E-state index contributed by atoms with van der Waals surface area (Å²) >= 11 is 6.02. The first-order valence-corrected chi connectivity index (χ1v) is 18.1. The molecule has 0 unspecified atom stereocenters. The van der Waals surface area contributed by atoms with Crippen LogP contribution < -0.4 is 11.0 Å². The number of hydrogen-bond donors (Lipinski definition) is 3. The number of fused-ring (bicyclic) bond motifs is 3. The lowest BCUT2D eigenvalue weighted by Gasteiger charge is -2.43. The zero-order valence-corrected chi connectivity index (χ0v) is 29.6. The Morgan fingerprint density at radius 2 is 1.65 bits per heavy atom. The molecule has 0 bridgehead atoms. The third kappa shape index (κ3) is 7.30.